The summed E-state index contributed by atoms with van der Waals surface area (Å²) in [6.07, 6.45) is 0. The van der Waals surface area contributed by atoms with E-state index in [9.17, 15) is 9.59 Å². The minimum atomic E-state index is -0.436. The number of hydrogen-bond donors (Lipinski definition) is 2. The average molecular weight is 473 g/mol. The molecule has 0 radical (unpaired) electrons. The lowest BCUT2D eigenvalue weighted by Crippen LogP contribution is -2.37. The highest BCUT2D eigenvalue weighted by Gasteiger charge is 2.21. The van der Waals surface area contributed by atoms with Crippen molar-refractivity contribution in [1.29, 1.82) is 0 Å². The first kappa shape index (κ1) is 23.6. The number of amides is 2. The van der Waals surface area contributed by atoms with Gasteiger partial charge in [0.05, 0.1) is 22.8 Å². The van der Waals surface area contributed by atoms with Gasteiger partial charge in [0.25, 0.3) is 0 Å². The van der Waals surface area contributed by atoms with Crippen LogP contribution in [0.3, 0.4) is 0 Å². The van der Waals surface area contributed by atoms with Crippen LogP contribution in [0, 0.1) is 20.8 Å². The molecule has 0 bridgehead atoms. The van der Waals surface area contributed by atoms with E-state index >= 15 is 0 Å². The molecule has 0 aliphatic heterocycles. The molecule has 1 atom stereocenters. The van der Waals surface area contributed by atoms with Gasteiger partial charge in [-0.2, -0.15) is 0 Å². The van der Waals surface area contributed by atoms with Gasteiger partial charge < -0.3 is 10.6 Å². The molecule has 1 unspecified atom stereocenters. The molecule has 0 spiro atoms. The van der Waals surface area contributed by atoms with E-state index in [-0.39, 0.29) is 18.4 Å². The largest absolute Gasteiger partial charge is 0.346 e. The van der Waals surface area contributed by atoms with Gasteiger partial charge in [0, 0.05) is 11.4 Å². The Morgan fingerprint density at radius 3 is 2.32 bits per heavy atom. The minimum absolute atomic E-state index is 0.0914. The number of fused-ring (bicyclic) bond motifs is 1. The molecular weight excluding hydrogens is 444 g/mol. The van der Waals surface area contributed by atoms with Gasteiger partial charge in [-0.15, -0.1) is 0 Å². The van der Waals surface area contributed by atoms with Crippen molar-refractivity contribution in [3.63, 3.8) is 0 Å². The maximum atomic E-state index is 12.8. The van der Waals surface area contributed by atoms with E-state index < -0.39 is 5.25 Å². The number of hydrogen-bond acceptors (Lipinski definition) is 4. The summed E-state index contributed by atoms with van der Waals surface area (Å²) in [6, 6.07) is 22.0. The first-order valence-corrected chi connectivity index (χ1v) is 12.1. The van der Waals surface area contributed by atoms with Crippen molar-refractivity contribution in [3.05, 3.63) is 83.4 Å². The molecule has 2 amide bonds. The molecule has 3 aromatic carbocycles. The summed E-state index contributed by atoms with van der Waals surface area (Å²) >= 11 is 1.37. The molecule has 6 nitrogen and oxygen atoms in total. The van der Waals surface area contributed by atoms with Crippen LogP contribution < -0.4 is 10.6 Å². The topological polar surface area (TPSA) is 76.0 Å². The third-order valence-electron chi connectivity index (χ3n) is 5.64. The normalized spacial score (nSPS) is 11.9. The van der Waals surface area contributed by atoms with Crippen LogP contribution in [0.25, 0.3) is 16.7 Å². The highest BCUT2D eigenvalue weighted by atomic mass is 32.2. The van der Waals surface area contributed by atoms with E-state index in [1.165, 1.54) is 17.3 Å². The summed E-state index contributed by atoms with van der Waals surface area (Å²) in [6.45, 7) is 7.67. The van der Waals surface area contributed by atoms with Crippen molar-refractivity contribution in [3.8, 4) is 5.69 Å². The second kappa shape index (κ2) is 10.1. The number of carbonyl (C=O) groups excluding carboxylic acids is 2. The van der Waals surface area contributed by atoms with Crippen LogP contribution in [-0.2, 0) is 9.59 Å². The number of rotatable bonds is 7. The number of anilines is 1. The zero-order valence-electron chi connectivity index (χ0n) is 19.8. The Kier molecular flexibility index (Phi) is 7.03. The first-order chi connectivity index (χ1) is 16.3. The summed E-state index contributed by atoms with van der Waals surface area (Å²) in [5, 5.41) is 5.94. The quantitative estimate of drug-likeness (QED) is 0.363. The lowest BCUT2D eigenvalue weighted by molar-refractivity contribution is -0.123. The van der Waals surface area contributed by atoms with Gasteiger partial charge in [0.2, 0.25) is 11.8 Å². The van der Waals surface area contributed by atoms with Crippen LogP contribution in [0.4, 0.5) is 5.69 Å². The van der Waals surface area contributed by atoms with Gasteiger partial charge in [-0.05, 0) is 63.1 Å². The number of nitrogens with zero attached hydrogens (tertiary/aromatic N) is 2. The Balaban J connectivity index is 1.46. The molecular formula is C27H28N4O2S. The second-order valence-electron chi connectivity index (χ2n) is 8.35. The molecule has 0 aliphatic rings. The number of aryl methyl sites for hydroxylation is 3. The molecule has 4 rings (SSSR count). The number of benzene rings is 3. The summed E-state index contributed by atoms with van der Waals surface area (Å²) in [4.78, 5) is 30.0. The predicted molar refractivity (Wildman–Crippen MR) is 139 cm³/mol. The molecule has 0 saturated heterocycles. The predicted octanol–water partition coefficient (Wildman–Crippen LogP) is 5.19. The number of imidazole rings is 1. The maximum absolute atomic E-state index is 12.8. The monoisotopic (exact) mass is 472 g/mol. The Bertz CT molecular complexity index is 1320. The molecule has 4 aromatic rings. The number of para-hydroxylation sites is 3. The van der Waals surface area contributed by atoms with Crippen LogP contribution in [0.1, 0.15) is 23.6 Å². The van der Waals surface area contributed by atoms with E-state index in [4.69, 9.17) is 4.98 Å². The Hall–Kier alpha value is -3.58. The van der Waals surface area contributed by atoms with E-state index in [0.29, 0.717) is 0 Å². The molecule has 0 saturated carbocycles. The molecule has 0 aliphatic carbocycles. The van der Waals surface area contributed by atoms with Crippen molar-refractivity contribution in [2.75, 3.05) is 11.9 Å². The smallest absolute Gasteiger partial charge is 0.243 e. The van der Waals surface area contributed by atoms with E-state index in [2.05, 4.69) is 46.4 Å². The van der Waals surface area contributed by atoms with Crippen molar-refractivity contribution >= 4 is 40.3 Å². The van der Waals surface area contributed by atoms with E-state index in [1.807, 2.05) is 63.2 Å². The molecule has 0 fully saturated rings. The molecule has 1 heterocycles. The highest BCUT2D eigenvalue weighted by molar-refractivity contribution is 8.00. The van der Waals surface area contributed by atoms with Crippen LogP contribution >= 0.6 is 11.8 Å². The Morgan fingerprint density at radius 1 is 0.941 bits per heavy atom. The van der Waals surface area contributed by atoms with Crippen LogP contribution in [0.2, 0.25) is 0 Å². The molecule has 174 valence electrons. The fraction of sp³-hybridized carbons (Fsp3) is 0.222. The summed E-state index contributed by atoms with van der Waals surface area (Å²) < 4.78 is 2.07. The van der Waals surface area contributed by atoms with Gasteiger partial charge in [0.1, 0.15) is 0 Å². The zero-order valence-corrected chi connectivity index (χ0v) is 20.6. The number of thioether (sulfide) groups is 1. The first-order valence-electron chi connectivity index (χ1n) is 11.2. The van der Waals surface area contributed by atoms with Crippen molar-refractivity contribution in [2.24, 2.45) is 0 Å². The number of nitrogens with one attached hydrogen (secondary N) is 2. The maximum Gasteiger partial charge on any atom is 0.243 e. The fourth-order valence-corrected chi connectivity index (χ4v) is 4.71. The van der Waals surface area contributed by atoms with Crippen molar-refractivity contribution in [1.82, 2.24) is 14.9 Å². The lowest BCUT2D eigenvalue weighted by Gasteiger charge is -2.15. The molecule has 34 heavy (non-hydrogen) atoms. The minimum Gasteiger partial charge on any atom is -0.346 e. The van der Waals surface area contributed by atoms with Crippen molar-refractivity contribution in [2.45, 2.75) is 38.1 Å². The average Bonchev–Trinajstić information content (AvgIpc) is 3.18. The van der Waals surface area contributed by atoms with Gasteiger partial charge in [-0.25, -0.2) is 4.98 Å². The fourth-order valence-electron chi connectivity index (χ4n) is 3.74. The molecule has 1 aromatic heterocycles. The number of aromatic nitrogens is 2. The Labute approximate surface area is 203 Å². The third-order valence-corrected chi connectivity index (χ3v) is 6.69. The van der Waals surface area contributed by atoms with Crippen LogP contribution in [-0.4, -0.2) is 33.2 Å². The highest BCUT2D eigenvalue weighted by Crippen LogP contribution is 2.30. The second-order valence-corrected chi connectivity index (χ2v) is 9.65. The van der Waals surface area contributed by atoms with Gasteiger partial charge in [0.15, 0.2) is 5.16 Å². The molecule has 2 N–H and O–H groups in total. The third kappa shape index (κ3) is 5.15. The van der Waals surface area contributed by atoms with Gasteiger partial charge >= 0.3 is 0 Å². The SMILES string of the molecule is Cc1ccc(-n2c(SC(C)C(=O)NCC(=O)Nc3c(C)cccc3C)nc3ccccc32)cc1. The van der Waals surface area contributed by atoms with Crippen LogP contribution in [0.5, 0.6) is 0 Å². The van der Waals surface area contributed by atoms with E-state index in [1.54, 1.807) is 0 Å². The van der Waals surface area contributed by atoms with E-state index in [0.717, 1.165) is 38.7 Å². The zero-order chi connectivity index (χ0) is 24.2. The summed E-state index contributed by atoms with van der Waals surface area (Å²) in [5.41, 5.74) is 6.77. The number of carbonyl (C=O) groups is 2. The summed E-state index contributed by atoms with van der Waals surface area (Å²) in [7, 11) is 0. The van der Waals surface area contributed by atoms with Crippen molar-refractivity contribution < 1.29 is 9.59 Å². The standard InChI is InChI=1S/C27H28N4O2S/c1-17-12-14-21(15-13-17)31-23-11-6-5-10-22(23)29-27(31)34-20(4)26(33)28-16-24(32)30-25-18(2)8-7-9-19(25)3/h5-15,20H,16H2,1-4H3,(H,28,33)(H,30,32). The lowest BCUT2D eigenvalue weighted by atomic mass is 10.1. The molecule has 7 heteroatoms. The van der Waals surface area contributed by atoms with Gasteiger partial charge in [-0.1, -0.05) is 59.8 Å². The summed E-state index contributed by atoms with van der Waals surface area (Å²) in [5.74, 6) is -0.473. The van der Waals surface area contributed by atoms with Gasteiger partial charge in [-0.3, -0.25) is 14.2 Å². The Morgan fingerprint density at radius 2 is 1.62 bits per heavy atom. The van der Waals surface area contributed by atoms with Crippen LogP contribution in [0.15, 0.2) is 71.9 Å².